The molecule has 2 aliphatic heterocycles. The Labute approximate surface area is 102 Å². The molecule has 0 aromatic heterocycles. The van der Waals surface area contributed by atoms with Crippen LogP contribution in [0.15, 0.2) is 47.9 Å². The Bertz CT molecular complexity index is 481. The third-order valence-corrected chi connectivity index (χ3v) is 3.91. The molecule has 0 amide bonds. The smallest absolute Gasteiger partial charge is 0.187 e. The average Bonchev–Trinajstić information content (AvgIpc) is 2.63. The second kappa shape index (κ2) is 3.73. The van der Waals surface area contributed by atoms with Crippen LogP contribution >= 0.6 is 0 Å². The fourth-order valence-electron chi connectivity index (χ4n) is 2.80. The van der Waals surface area contributed by atoms with E-state index in [1.807, 2.05) is 37.4 Å². The van der Waals surface area contributed by atoms with E-state index in [1.165, 1.54) is 18.4 Å². The summed E-state index contributed by atoms with van der Waals surface area (Å²) >= 11 is 0. The first-order valence-electron chi connectivity index (χ1n) is 6.33. The SMILES string of the molecule is CC12C=CC=CN1C(C1=CCCCC1)=CC2=O. The molecule has 1 atom stereocenters. The van der Waals surface area contributed by atoms with Crippen molar-refractivity contribution < 1.29 is 4.79 Å². The lowest BCUT2D eigenvalue weighted by Gasteiger charge is -2.35. The van der Waals surface area contributed by atoms with Gasteiger partial charge in [-0.15, -0.1) is 0 Å². The van der Waals surface area contributed by atoms with Gasteiger partial charge in [-0.3, -0.25) is 4.79 Å². The van der Waals surface area contributed by atoms with Gasteiger partial charge in [-0.05, 0) is 44.3 Å². The quantitative estimate of drug-likeness (QED) is 0.686. The van der Waals surface area contributed by atoms with Gasteiger partial charge in [0, 0.05) is 18.0 Å². The van der Waals surface area contributed by atoms with Crippen molar-refractivity contribution in [1.29, 1.82) is 0 Å². The van der Waals surface area contributed by atoms with Crippen molar-refractivity contribution in [2.24, 2.45) is 0 Å². The van der Waals surface area contributed by atoms with Gasteiger partial charge in [0.2, 0.25) is 0 Å². The standard InChI is InChI=1S/C15H17NO/c1-15-9-5-6-10-16(15)13(11-14(15)17)12-7-3-2-4-8-12/h5-7,9-11H,2-4,8H2,1H3. The summed E-state index contributed by atoms with van der Waals surface area (Å²) < 4.78 is 0. The van der Waals surface area contributed by atoms with Crippen LogP contribution in [0.3, 0.4) is 0 Å². The van der Waals surface area contributed by atoms with Crippen LogP contribution in [-0.2, 0) is 4.79 Å². The molecule has 3 rings (SSSR count). The molecule has 17 heavy (non-hydrogen) atoms. The van der Waals surface area contributed by atoms with Crippen molar-refractivity contribution in [3.8, 4) is 0 Å². The maximum Gasteiger partial charge on any atom is 0.187 e. The second-order valence-corrected chi connectivity index (χ2v) is 5.09. The molecule has 0 aromatic carbocycles. The highest BCUT2D eigenvalue weighted by molar-refractivity contribution is 6.03. The van der Waals surface area contributed by atoms with Crippen LogP contribution in [0.4, 0.5) is 0 Å². The summed E-state index contributed by atoms with van der Waals surface area (Å²) in [6, 6.07) is 0. The number of nitrogens with zero attached hydrogens (tertiary/aromatic N) is 1. The van der Waals surface area contributed by atoms with E-state index in [4.69, 9.17) is 0 Å². The van der Waals surface area contributed by atoms with Crippen LogP contribution in [0.5, 0.6) is 0 Å². The monoisotopic (exact) mass is 227 g/mol. The van der Waals surface area contributed by atoms with Crippen molar-refractivity contribution in [3.63, 3.8) is 0 Å². The molecule has 0 radical (unpaired) electrons. The van der Waals surface area contributed by atoms with Crippen LogP contribution < -0.4 is 0 Å². The van der Waals surface area contributed by atoms with Gasteiger partial charge in [0.15, 0.2) is 5.78 Å². The molecule has 0 fully saturated rings. The summed E-state index contributed by atoms with van der Waals surface area (Å²) in [5.41, 5.74) is 1.97. The lowest BCUT2D eigenvalue weighted by molar-refractivity contribution is -0.119. The Morgan fingerprint density at radius 3 is 2.94 bits per heavy atom. The molecule has 0 saturated heterocycles. The van der Waals surface area contributed by atoms with Crippen molar-refractivity contribution in [1.82, 2.24) is 4.90 Å². The number of carbonyl (C=O) groups is 1. The van der Waals surface area contributed by atoms with Gasteiger partial charge in [0.05, 0.1) is 0 Å². The van der Waals surface area contributed by atoms with Gasteiger partial charge in [-0.2, -0.15) is 0 Å². The number of ketones is 1. The fourth-order valence-corrected chi connectivity index (χ4v) is 2.80. The minimum Gasteiger partial charge on any atom is -0.331 e. The van der Waals surface area contributed by atoms with Crippen molar-refractivity contribution in [3.05, 3.63) is 47.9 Å². The Hall–Kier alpha value is -1.57. The number of fused-ring (bicyclic) bond motifs is 1. The highest BCUT2D eigenvalue weighted by atomic mass is 16.1. The second-order valence-electron chi connectivity index (χ2n) is 5.09. The summed E-state index contributed by atoms with van der Waals surface area (Å²) in [6.45, 7) is 1.99. The number of allylic oxidation sites excluding steroid dienone is 4. The zero-order chi connectivity index (χ0) is 11.9. The Morgan fingerprint density at radius 1 is 1.29 bits per heavy atom. The minimum absolute atomic E-state index is 0.194. The fraction of sp³-hybridized carbons (Fsp3) is 0.400. The number of carbonyl (C=O) groups excluding carboxylic acids is 1. The van der Waals surface area contributed by atoms with Gasteiger partial charge < -0.3 is 4.90 Å². The van der Waals surface area contributed by atoms with Crippen LogP contribution in [0, 0.1) is 0 Å². The van der Waals surface area contributed by atoms with Crippen LogP contribution in [0.25, 0.3) is 0 Å². The summed E-state index contributed by atoms with van der Waals surface area (Å²) in [6.07, 6.45) is 16.8. The Morgan fingerprint density at radius 2 is 2.18 bits per heavy atom. The van der Waals surface area contributed by atoms with E-state index >= 15 is 0 Å². The first-order valence-corrected chi connectivity index (χ1v) is 6.33. The zero-order valence-corrected chi connectivity index (χ0v) is 10.1. The third-order valence-electron chi connectivity index (χ3n) is 3.91. The zero-order valence-electron chi connectivity index (χ0n) is 10.1. The molecule has 1 aliphatic carbocycles. The maximum atomic E-state index is 12.2. The van der Waals surface area contributed by atoms with Gasteiger partial charge in [0.1, 0.15) is 5.54 Å². The van der Waals surface area contributed by atoms with Crippen LogP contribution in [0.2, 0.25) is 0 Å². The minimum atomic E-state index is -0.484. The molecular formula is C15H17NO. The Kier molecular flexibility index (Phi) is 2.32. The first-order chi connectivity index (χ1) is 8.22. The van der Waals surface area contributed by atoms with Crippen molar-refractivity contribution in [2.45, 2.75) is 38.1 Å². The summed E-state index contributed by atoms with van der Waals surface area (Å²) in [7, 11) is 0. The van der Waals surface area contributed by atoms with E-state index in [9.17, 15) is 4.79 Å². The molecule has 2 nitrogen and oxygen atoms in total. The summed E-state index contributed by atoms with van der Waals surface area (Å²) in [5.74, 6) is 0.194. The van der Waals surface area contributed by atoms with Gasteiger partial charge in [0.25, 0.3) is 0 Å². The molecule has 0 saturated carbocycles. The number of hydrogen-bond acceptors (Lipinski definition) is 2. The van der Waals surface area contributed by atoms with Crippen molar-refractivity contribution in [2.75, 3.05) is 0 Å². The van der Waals surface area contributed by atoms with E-state index in [0.717, 1.165) is 18.5 Å². The lowest BCUT2D eigenvalue weighted by atomic mass is 9.94. The topological polar surface area (TPSA) is 20.3 Å². The molecule has 0 N–H and O–H groups in total. The van der Waals surface area contributed by atoms with Gasteiger partial charge in [-0.25, -0.2) is 0 Å². The molecule has 0 spiro atoms. The lowest BCUT2D eigenvalue weighted by Crippen LogP contribution is -2.43. The predicted molar refractivity (Wildman–Crippen MR) is 68.2 cm³/mol. The molecule has 88 valence electrons. The largest absolute Gasteiger partial charge is 0.331 e. The molecule has 3 aliphatic rings. The number of hydrogen-bond donors (Lipinski definition) is 0. The Balaban J connectivity index is 1.99. The molecule has 2 heteroatoms. The summed E-state index contributed by atoms with van der Waals surface area (Å²) in [5, 5.41) is 0. The highest BCUT2D eigenvalue weighted by Gasteiger charge is 2.43. The maximum absolute atomic E-state index is 12.2. The van der Waals surface area contributed by atoms with Crippen LogP contribution in [0.1, 0.15) is 32.6 Å². The molecular weight excluding hydrogens is 210 g/mol. The van der Waals surface area contributed by atoms with E-state index < -0.39 is 5.54 Å². The molecule has 1 unspecified atom stereocenters. The number of rotatable bonds is 1. The van der Waals surface area contributed by atoms with Gasteiger partial charge >= 0.3 is 0 Å². The van der Waals surface area contributed by atoms with Crippen LogP contribution in [-0.4, -0.2) is 16.2 Å². The predicted octanol–water partition coefficient (Wildman–Crippen LogP) is 3.10. The third kappa shape index (κ3) is 1.51. The van der Waals surface area contributed by atoms with E-state index in [1.54, 1.807) is 0 Å². The molecule has 2 heterocycles. The average molecular weight is 227 g/mol. The normalized spacial score (nSPS) is 31.4. The molecule has 0 aromatic rings. The molecule has 0 bridgehead atoms. The van der Waals surface area contributed by atoms with Crippen molar-refractivity contribution >= 4 is 5.78 Å². The van der Waals surface area contributed by atoms with E-state index in [-0.39, 0.29) is 5.78 Å². The highest BCUT2D eigenvalue weighted by Crippen LogP contribution is 2.38. The first kappa shape index (κ1) is 10.6. The van der Waals surface area contributed by atoms with E-state index in [0.29, 0.717) is 0 Å². The van der Waals surface area contributed by atoms with E-state index in [2.05, 4.69) is 11.0 Å². The van der Waals surface area contributed by atoms with Gasteiger partial charge in [-0.1, -0.05) is 18.2 Å². The summed E-state index contributed by atoms with van der Waals surface area (Å²) in [4.78, 5) is 14.3.